The molecule has 0 aliphatic heterocycles. The van der Waals surface area contributed by atoms with Gasteiger partial charge in [-0.2, -0.15) is 0 Å². The summed E-state index contributed by atoms with van der Waals surface area (Å²) >= 11 is 0. The third-order valence-corrected chi connectivity index (χ3v) is 2.00. The number of hydrogen-bond donors (Lipinski definition) is 0. The molecule has 0 amide bonds. The van der Waals surface area contributed by atoms with E-state index in [2.05, 4.69) is 13.8 Å². The Labute approximate surface area is 121 Å². The second-order valence-corrected chi connectivity index (χ2v) is 3.38. The summed E-state index contributed by atoms with van der Waals surface area (Å²) < 4.78 is 5.02. The summed E-state index contributed by atoms with van der Waals surface area (Å²) in [4.78, 5) is 11.1. The summed E-state index contributed by atoms with van der Waals surface area (Å²) in [6, 6.07) is 0. The predicted octanol–water partition coefficient (Wildman–Crippen LogP) is 3.14. The third kappa shape index (κ3) is 12.7. The van der Waals surface area contributed by atoms with Gasteiger partial charge in [-0.25, -0.2) is 0 Å². The van der Waals surface area contributed by atoms with Crippen molar-refractivity contribution in [2.24, 2.45) is 0 Å². The van der Waals surface area contributed by atoms with Gasteiger partial charge in [0.15, 0.2) is 0 Å². The first-order valence-electron chi connectivity index (χ1n) is 5.46. The van der Waals surface area contributed by atoms with Crippen molar-refractivity contribution >= 4 is 43.7 Å². The molecule has 0 saturated heterocycles. The van der Waals surface area contributed by atoms with Gasteiger partial charge in [-0.3, -0.25) is 4.79 Å². The first-order valence-corrected chi connectivity index (χ1v) is 5.46. The average molecular weight is 228 g/mol. The summed E-state index contributed by atoms with van der Waals surface area (Å²) in [5.74, 6) is -0.0236. The number of ether oxygens (including phenoxy) is 1. The zero-order valence-corrected chi connectivity index (χ0v) is 11.9. The van der Waals surface area contributed by atoms with Crippen LogP contribution in [-0.2, 0) is 9.53 Å². The van der Waals surface area contributed by atoms with E-state index in [0.717, 1.165) is 25.7 Å². The van der Waals surface area contributed by atoms with Gasteiger partial charge < -0.3 is 7.59 Å². The minimum Gasteiger partial charge on any atom is -1.00 e. The topological polar surface area (TPSA) is 26.3 Å². The minimum atomic E-state index is -0.0236. The maximum atomic E-state index is 11.1. The molecule has 0 N–H and O–H groups in total. The SMILES string of the molecule is CCCCCCC(=O)OCCCC.[Ca+2].[H-].[H-]. The molecule has 0 saturated carbocycles. The third-order valence-electron chi connectivity index (χ3n) is 2.00. The van der Waals surface area contributed by atoms with Gasteiger partial charge in [0, 0.05) is 6.42 Å². The summed E-state index contributed by atoms with van der Waals surface area (Å²) in [5.41, 5.74) is 0. The Hall–Kier alpha value is 0.730. The van der Waals surface area contributed by atoms with Crippen molar-refractivity contribution in [3.8, 4) is 0 Å². The second kappa shape index (κ2) is 13.7. The van der Waals surface area contributed by atoms with Crippen molar-refractivity contribution in [3.63, 3.8) is 0 Å². The van der Waals surface area contributed by atoms with Crippen LogP contribution in [0.15, 0.2) is 0 Å². The molecule has 0 spiro atoms. The van der Waals surface area contributed by atoms with Crippen LogP contribution >= 0.6 is 0 Å². The van der Waals surface area contributed by atoms with E-state index in [1.807, 2.05) is 0 Å². The molecule has 0 heterocycles. The first kappa shape index (κ1) is 17.1. The van der Waals surface area contributed by atoms with E-state index in [-0.39, 0.29) is 46.6 Å². The number of rotatable bonds is 8. The molecule has 0 radical (unpaired) electrons. The van der Waals surface area contributed by atoms with Crippen LogP contribution in [0.5, 0.6) is 0 Å². The van der Waals surface area contributed by atoms with Gasteiger partial charge in [0.1, 0.15) is 0 Å². The monoisotopic (exact) mass is 228 g/mol. The van der Waals surface area contributed by atoms with Gasteiger partial charge in [-0.1, -0.05) is 39.5 Å². The molecule has 0 bridgehead atoms. The zero-order valence-electron chi connectivity index (χ0n) is 11.7. The molecule has 82 valence electrons. The largest absolute Gasteiger partial charge is 2.00 e. The molecule has 3 heteroatoms. The smallest absolute Gasteiger partial charge is 1.00 e. The quantitative estimate of drug-likeness (QED) is 0.362. The van der Waals surface area contributed by atoms with E-state index in [1.54, 1.807) is 0 Å². The van der Waals surface area contributed by atoms with Crippen LogP contribution in [-0.4, -0.2) is 50.3 Å². The van der Waals surface area contributed by atoms with Crippen LogP contribution in [0.1, 0.15) is 61.6 Å². The normalized spacial score (nSPS) is 9.29. The maximum Gasteiger partial charge on any atom is 2.00 e. The molecule has 0 aromatic carbocycles. The number of carbonyl (C=O) groups is 1. The number of hydrogen-bond acceptors (Lipinski definition) is 2. The number of unbranched alkanes of at least 4 members (excludes halogenated alkanes) is 4. The van der Waals surface area contributed by atoms with E-state index in [4.69, 9.17) is 4.74 Å². The van der Waals surface area contributed by atoms with Crippen LogP contribution in [0.25, 0.3) is 0 Å². The Morgan fingerprint density at radius 3 is 2.29 bits per heavy atom. The van der Waals surface area contributed by atoms with Crippen molar-refractivity contribution in [1.82, 2.24) is 0 Å². The Morgan fingerprint density at radius 2 is 1.71 bits per heavy atom. The fourth-order valence-electron chi connectivity index (χ4n) is 1.10. The fraction of sp³-hybridized carbons (Fsp3) is 0.909. The molecule has 0 rings (SSSR count). The number of esters is 1. The van der Waals surface area contributed by atoms with Crippen molar-refractivity contribution in [1.29, 1.82) is 0 Å². The van der Waals surface area contributed by atoms with Gasteiger partial charge in [-0.05, 0) is 12.8 Å². The van der Waals surface area contributed by atoms with Gasteiger partial charge in [-0.15, -0.1) is 0 Å². The minimum absolute atomic E-state index is 0. The predicted molar refractivity (Wildman–Crippen MR) is 62.6 cm³/mol. The Morgan fingerprint density at radius 1 is 1.07 bits per heavy atom. The van der Waals surface area contributed by atoms with E-state index >= 15 is 0 Å². The van der Waals surface area contributed by atoms with Gasteiger partial charge in [0.2, 0.25) is 0 Å². The average Bonchev–Trinajstić information content (AvgIpc) is 2.13. The van der Waals surface area contributed by atoms with Crippen LogP contribution in [0.4, 0.5) is 0 Å². The molecule has 2 nitrogen and oxygen atoms in total. The Balaban J connectivity index is -0.000000240. The fourth-order valence-corrected chi connectivity index (χ4v) is 1.10. The van der Waals surface area contributed by atoms with Crippen molar-refractivity contribution < 1.29 is 12.4 Å². The van der Waals surface area contributed by atoms with Gasteiger partial charge >= 0.3 is 43.7 Å². The zero-order chi connectivity index (χ0) is 9.94. The Kier molecular flexibility index (Phi) is 16.8. The molecule has 0 aliphatic carbocycles. The van der Waals surface area contributed by atoms with E-state index in [9.17, 15) is 4.79 Å². The molecule has 0 unspecified atom stereocenters. The molecular weight excluding hydrogens is 204 g/mol. The standard InChI is InChI=1S/C11H22O2.Ca.2H/c1-3-5-7-8-9-11(12)13-10-6-4-2;;;/h3-10H2,1-2H3;;;/q;+2;2*-1. The van der Waals surface area contributed by atoms with Crippen LogP contribution in [0.3, 0.4) is 0 Å². The van der Waals surface area contributed by atoms with Crippen LogP contribution in [0, 0.1) is 0 Å². The molecule has 0 aromatic heterocycles. The molecule has 0 atom stereocenters. The maximum absolute atomic E-state index is 11.1. The van der Waals surface area contributed by atoms with E-state index in [1.165, 1.54) is 12.8 Å². The first-order chi connectivity index (χ1) is 6.31. The van der Waals surface area contributed by atoms with E-state index in [0.29, 0.717) is 13.0 Å². The van der Waals surface area contributed by atoms with Crippen molar-refractivity contribution in [2.75, 3.05) is 6.61 Å². The van der Waals surface area contributed by atoms with E-state index < -0.39 is 0 Å². The molecule has 0 fully saturated rings. The van der Waals surface area contributed by atoms with Crippen LogP contribution < -0.4 is 0 Å². The Bertz CT molecular complexity index is 135. The summed E-state index contributed by atoms with van der Waals surface area (Å²) in [6.45, 7) is 4.86. The van der Waals surface area contributed by atoms with Gasteiger partial charge in [0.25, 0.3) is 0 Å². The van der Waals surface area contributed by atoms with Crippen LogP contribution in [0.2, 0.25) is 0 Å². The van der Waals surface area contributed by atoms with Gasteiger partial charge in [0.05, 0.1) is 6.61 Å². The molecule has 0 aromatic rings. The number of carbonyl (C=O) groups excluding carboxylic acids is 1. The second-order valence-electron chi connectivity index (χ2n) is 3.38. The molecular formula is C11H24CaO2. The molecule has 0 aliphatic rings. The van der Waals surface area contributed by atoms with Crippen molar-refractivity contribution in [3.05, 3.63) is 0 Å². The summed E-state index contributed by atoms with van der Waals surface area (Å²) in [5, 5.41) is 0. The molecule has 14 heavy (non-hydrogen) atoms. The van der Waals surface area contributed by atoms with Crippen molar-refractivity contribution in [2.45, 2.75) is 58.8 Å². The summed E-state index contributed by atoms with van der Waals surface area (Å²) in [7, 11) is 0. The summed E-state index contributed by atoms with van der Waals surface area (Å²) in [6.07, 6.45) is 7.25.